The van der Waals surface area contributed by atoms with Crippen LogP contribution in [-0.4, -0.2) is 35.5 Å². The van der Waals surface area contributed by atoms with Crippen LogP contribution in [0.4, 0.5) is 0 Å². The molecule has 170 valence electrons. The first-order chi connectivity index (χ1) is 14.9. The molecule has 1 aromatic rings. The van der Waals surface area contributed by atoms with Crippen LogP contribution in [0.5, 0.6) is 0 Å². The van der Waals surface area contributed by atoms with Crippen molar-refractivity contribution >= 4 is 17.3 Å². The fourth-order valence-corrected chi connectivity index (χ4v) is 6.33. The average molecular weight is 446 g/mol. The molecule has 0 saturated heterocycles. The number of hydrogen-bond donors (Lipinski definition) is 2. The van der Waals surface area contributed by atoms with Crippen molar-refractivity contribution in [3.05, 3.63) is 34.0 Å². The molecule has 5 atom stereocenters. The molecule has 0 spiro atoms. The molecule has 0 aromatic carbocycles. The quantitative estimate of drug-likeness (QED) is 0.396. The van der Waals surface area contributed by atoms with Gasteiger partial charge in [-0.2, -0.15) is 5.26 Å². The van der Waals surface area contributed by atoms with Gasteiger partial charge in [-0.1, -0.05) is 25.5 Å². The van der Waals surface area contributed by atoms with Crippen LogP contribution in [0.3, 0.4) is 0 Å². The molecule has 3 rings (SSSR count). The summed E-state index contributed by atoms with van der Waals surface area (Å²) in [4.78, 5) is 13.4. The monoisotopic (exact) mass is 445 g/mol. The number of aliphatic hydroxyl groups is 2. The van der Waals surface area contributed by atoms with Crippen LogP contribution in [0.1, 0.15) is 72.8 Å². The maximum absolute atomic E-state index is 11.6. The predicted octanol–water partition coefficient (Wildman–Crippen LogP) is 4.88. The van der Waals surface area contributed by atoms with E-state index in [9.17, 15) is 20.3 Å². The molecule has 2 saturated carbocycles. The van der Waals surface area contributed by atoms with E-state index in [-0.39, 0.29) is 35.2 Å². The molecule has 0 radical (unpaired) electrons. The lowest BCUT2D eigenvalue weighted by molar-refractivity contribution is -0.0355. The van der Waals surface area contributed by atoms with Gasteiger partial charge in [-0.05, 0) is 74.8 Å². The van der Waals surface area contributed by atoms with Crippen molar-refractivity contribution in [2.75, 3.05) is 7.11 Å². The van der Waals surface area contributed by atoms with Gasteiger partial charge in [-0.25, -0.2) is 4.79 Å². The first kappa shape index (κ1) is 24.0. The first-order valence-corrected chi connectivity index (χ1v) is 12.3. The highest BCUT2D eigenvalue weighted by atomic mass is 32.1. The molecule has 0 amide bonds. The Morgan fingerprint density at radius 2 is 2.23 bits per heavy atom. The van der Waals surface area contributed by atoms with Crippen molar-refractivity contribution in [1.29, 1.82) is 5.26 Å². The molecule has 2 fully saturated rings. The van der Waals surface area contributed by atoms with Gasteiger partial charge in [0.05, 0.1) is 31.3 Å². The third-order valence-corrected chi connectivity index (χ3v) is 8.73. The number of nitriles is 1. The second kappa shape index (κ2) is 10.8. The number of methoxy groups -OCH3 is 1. The number of carbonyl (C=O) groups is 1. The summed E-state index contributed by atoms with van der Waals surface area (Å²) in [7, 11) is 1.39. The molecule has 2 aliphatic carbocycles. The maximum Gasteiger partial charge on any atom is 0.348 e. The van der Waals surface area contributed by atoms with Crippen molar-refractivity contribution < 1.29 is 19.7 Å². The molecule has 1 unspecified atom stereocenters. The lowest BCUT2D eigenvalue weighted by Crippen LogP contribution is -2.40. The highest BCUT2D eigenvalue weighted by Gasteiger charge is 2.42. The second-order valence-electron chi connectivity index (χ2n) is 9.18. The normalized spacial score (nSPS) is 28.2. The first-order valence-electron chi connectivity index (χ1n) is 11.5. The summed E-state index contributed by atoms with van der Waals surface area (Å²) in [6.07, 6.45) is 11.4. The molecule has 0 bridgehead atoms. The summed E-state index contributed by atoms with van der Waals surface area (Å²) >= 11 is 1.45. The van der Waals surface area contributed by atoms with E-state index in [0.717, 1.165) is 43.4 Å². The van der Waals surface area contributed by atoms with Crippen molar-refractivity contribution in [1.82, 2.24) is 0 Å². The SMILES string of the molecule is CCC1(C(O)CC=C[C@H]2[C@@H](CCCc3ccc(C(=O)OC)s3)[C@@H](C#N)C[C@H]2O)CCC1. The molecule has 5 nitrogen and oxygen atoms in total. The minimum Gasteiger partial charge on any atom is -0.465 e. The zero-order valence-electron chi connectivity index (χ0n) is 18.6. The molecule has 1 heterocycles. The van der Waals surface area contributed by atoms with Gasteiger partial charge in [0.25, 0.3) is 0 Å². The minimum absolute atomic E-state index is 0.0372. The van der Waals surface area contributed by atoms with Crippen LogP contribution < -0.4 is 0 Å². The van der Waals surface area contributed by atoms with E-state index in [1.807, 2.05) is 12.1 Å². The number of nitrogens with zero attached hydrogens (tertiary/aromatic N) is 1. The Hall–Kier alpha value is -1.68. The van der Waals surface area contributed by atoms with Gasteiger partial charge in [0.2, 0.25) is 0 Å². The van der Waals surface area contributed by atoms with Crippen molar-refractivity contribution in [3.63, 3.8) is 0 Å². The summed E-state index contributed by atoms with van der Waals surface area (Å²) in [6.45, 7) is 2.15. The Balaban J connectivity index is 1.56. The lowest BCUT2D eigenvalue weighted by Gasteiger charge is -2.45. The number of hydrogen-bond acceptors (Lipinski definition) is 6. The Morgan fingerprint density at radius 3 is 2.84 bits per heavy atom. The average Bonchev–Trinajstić information content (AvgIpc) is 3.32. The number of aryl methyl sites for hydroxylation is 1. The topological polar surface area (TPSA) is 90.5 Å². The summed E-state index contributed by atoms with van der Waals surface area (Å²) in [5, 5.41) is 30.8. The number of ether oxygens (including phenoxy) is 1. The van der Waals surface area contributed by atoms with E-state index < -0.39 is 6.10 Å². The van der Waals surface area contributed by atoms with Crippen LogP contribution in [0, 0.1) is 34.5 Å². The lowest BCUT2D eigenvalue weighted by atomic mass is 9.63. The number of carbonyl (C=O) groups excluding carboxylic acids is 1. The molecule has 1 aromatic heterocycles. The maximum atomic E-state index is 11.6. The van der Waals surface area contributed by atoms with Crippen molar-refractivity contribution in [3.8, 4) is 6.07 Å². The second-order valence-corrected chi connectivity index (χ2v) is 10.3. The molecule has 2 N–H and O–H groups in total. The zero-order valence-corrected chi connectivity index (χ0v) is 19.4. The summed E-state index contributed by atoms with van der Waals surface area (Å²) in [5.41, 5.74) is 0.0803. The molecule has 2 aliphatic rings. The minimum atomic E-state index is -0.500. The number of esters is 1. The zero-order chi connectivity index (χ0) is 22.4. The van der Waals surface area contributed by atoms with Crippen LogP contribution in [-0.2, 0) is 11.2 Å². The van der Waals surface area contributed by atoms with E-state index >= 15 is 0 Å². The van der Waals surface area contributed by atoms with Crippen LogP contribution >= 0.6 is 11.3 Å². The standard InChI is InChI=1S/C25H35NO4S/c1-3-25(13-6-14-25)23(28)10-5-9-20-19(17(16-26)15-21(20)27)8-4-7-18-11-12-22(31-18)24(29)30-2/h5,9,11-12,17,19-21,23,27-28H,3-4,6-8,10,13-15H2,1-2H3/t17-,19+,20+,21-,23?/m1/s1. The summed E-state index contributed by atoms with van der Waals surface area (Å²) in [6, 6.07) is 6.16. The van der Waals surface area contributed by atoms with Gasteiger partial charge < -0.3 is 14.9 Å². The van der Waals surface area contributed by atoms with E-state index in [1.54, 1.807) is 6.07 Å². The van der Waals surface area contributed by atoms with Crippen molar-refractivity contribution in [2.24, 2.45) is 23.2 Å². The number of aliphatic hydroxyl groups excluding tert-OH is 2. The van der Waals surface area contributed by atoms with Gasteiger partial charge in [0.15, 0.2) is 0 Å². The Bertz CT molecular complexity index is 801. The Kier molecular flexibility index (Phi) is 8.32. The van der Waals surface area contributed by atoms with Crippen LogP contribution in [0.2, 0.25) is 0 Å². The van der Waals surface area contributed by atoms with Gasteiger partial charge in [0.1, 0.15) is 4.88 Å². The highest BCUT2D eigenvalue weighted by Crippen LogP contribution is 2.48. The van der Waals surface area contributed by atoms with Gasteiger partial charge >= 0.3 is 5.97 Å². The third-order valence-electron chi connectivity index (χ3n) is 7.60. The molecule has 31 heavy (non-hydrogen) atoms. The molecular weight excluding hydrogens is 410 g/mol. The summed E-state index contributed by atoms with van der Waals surface area (Å²) < 4.78 is 4.77. The smallest absolute Gasteiger partial charge is 0.348 e. The Morgan fingerprint density at radius 1 is 1.45 bits per heavy atom. The van der Waals surface area contributed by atoms with Gasteiger partial charge in [-0.15, -0.1) is 11.3 Å². The van der Waals surface area contributed by atoms with Gasteiger partial charge in [-0.3, -0.25) is 0 Å². The third kappa shape index (κ3) is 5.39. The van der Waals surface area contributed by atoms with Crippen molar-refractivity contribution in [2.45, 2.75) is 76.9 Å². The number of rotatable bonds is 10. The molecule has 0 aliphatic heterocycles. The fraction of sp³-hybridized carbons (Fsp3) is 0.680. The Labute approximate surface area is 189 Å². The highest BCUT2D eigenvalue weighted by molar-refractivity contribution is 7.13. The van der Waals surface area contributed by atoms with Crippen LogP contribution in [0.15, 0.2) is 24.3 Å². The predicted molar refractivity (Wildman–Crippen MR) is 122 cm³/mol. The summed E-state index contributed by atoms with van der Waals surface area (Å²) in [5.74, 6) is -0.363. The van der Waals surface area contributed by atoms with E-state index in [4.69, 9.17) is 4.74 Å². The van der Waals surface area contributed by atoms with Gasteiger partial charge in [0, 0.05) is 10.8 Å². The molecular formula is C25H35NO4S. The largest absolute Gasteiger partial charge is 0.465 e. The van der Waals surface area contributed by atoms with E-state index in [0.29, 0.717) is 17.7 Å². The number of thiophene rings is 1. The van der Waals surface area contributed by atoms with Crippen LogP contribution in [0.25, 0.3) is 0 Å². The van der Waals surface area contributed by atoms with E-state index in [1.165, 1.54) is 24.9 Å². The fourth-order valence-electron chi connectivity index (χ4n) is 5.36. The molecule has 6 heteroatoms. The van der Waals surface area contributed by atoms with E-state index in [2.05, 4.69) is 19.1 Å².